The van der Waals surface area contributed by atoms with E-state index >= 15 is 0 Å². The largest absolute Gasteiger partial charge is 0.484 e. The first kappa shape index (κ1) is 20.2. The van der Waals surface area contributed by atoms with E-state index in [1.807, 2.05) is 49.4 Å². The molecule has 3 aromatic rings. The first-order valence-electron chi connectivity index (χ1n) is 8.71. The molecule has 8 heteroatoms. The Morgan fingerprint density at radius 3 is 2.86 bits per heavy atom. The molecular formula is C20H20ClN3O3S. The monoisotopic (exact) mass is 417 g/mol. The molecule has 0 bridgehead atoms. The first-order valence-corrected chi connectivity index (χ1v) is 9.96. The molecule has 0 aliphatic heterocycles. The van der Waals surface area contributed by atoms with Crippen molar-refractivity contribution >= 4 is 29.3 Å². The van der Waals surface area contributed by atoms with Crippen molar-refractivity contribution in [2.75, 3.05) is 0 Å². The number of amides is 1. The maximum Gasteiger partial charge on any atom is 0.277 e. The number of nitrogens with zero attached hydrogens (tertiary/aromatic N) is 2. The maximum absolute atomic E-state index is 12.3. The fourth-order valence-corrected chi connectivity index (χ4v) is 3.29. The molecule has 1 heterocycles. The van der Waals surface area contributed by atoms with Crippen molar-refractivity contribution in [3.63, 3.8) is 0 Å². The molecule has 1 amide bonds. The molecule has 6 nitrogen and oxygen atoms in total. The molecule has 3 rings (SSSR count). The molecule has 1 N–H and O–H groups in total. The topological polar surface area (TPSA) is 77.2 Å². The van der Waals surface area contributed by atoms with Crippen molar-refractivity contribution < 1.29 is 13.9 Å². The number of nitrogens with one attached hydrogen (secondary N) is 1. The molecule has 0 aliphatic rings. The van der Waals surface area contributed by atoms with Crippen LogP contribution in [0.5, 0.6) is 5.75 Å². The molecule has 0 saturated carbocycles. The summed E-state index contributed by atoms with van der Waals surface area (Å²) < 4.78 is 11.2. The lowest BCUT2D eigenvalue weighted by molar-refractivity contribution is -0.120. The summed E-state index contributed by atoms with van der Waals surface area (Å²) in [7, 11) is 0. The van der Waals surface area contributed by atoms with Gasteiger partial charge in [0.15, 0.2) is 6.61 Å². The second-order valence-corrected chi connectivity index (χ2v) is 7.84. The van der Waals surface area contributed by atoms with Gasteiger partial charge in [-0.3, -0.25) is 4.79 Å². The molecule has 0 unspecified atom stereocenters. The number of aromatic nitrogens is 2. The smallest absolute Gasteiger partial charge is 0.277 e. The van der Waals surface area contributed by atoms with Gasteiger partial charge in [0.05, 0.1) is 5.25 Å². The van der Waals surface area contributed by atoms with Gasteiger partial charge in [0.25, 0.3) is 11.1 Å². The number of rotatable bonds is 8. The van der Waals surface area contributed by atoms with Gasteiger partial charge in [0, 0.05) is 11.6 Å². The van der Waals surface area contributed by atoms with Crippen LogP contribution in [0.25, 0.3) is 0 Å². The molecule has 0 radical (unpaired) electrons. The standard InChI is InChI=1S/C20H20ClN3O3S/c1-13-6-5-8-16(10-13)26-12-18-23-24-20(27-18)28-14(2)19(25)22-11-15-7-3-4-9-17(15)21/h3-10,14H,11-12H2,1-2H3,(H,22,25)/t14-/m1/s1. The number of benzene rings is 2. The van der Waals surface area contributed by atoms with Crippen LogP contribution in [0.4, 0.5) is 0 Å². The highest BCUT2D eigenvalue weighted by molar-refractivity contribution is 8.00. The normalized spacial score (nSPS) is 11.8. The van der Waals surface area contributed by atoms with Crippen LogP contribution < -0.4 is 10.1 Å². The predicted molar refractivity (Wildman–Crippen MR) is 108 cm³/mol. The lowest BCUT2D eigenvalue weighted by Crippen LogP contribution is -2.30. The minimum Gasteiger partial charge on any atom is -0.484 e. The molecule has 146 valence electrons. The van der Waals surface area contributed by atoms with E-state index in [1.165, 1.54) is 11.8 Å². The average molecular weight is 418 g/mol. The zero-order valence-corrected chi connectivity index (χ0v) is 17.1. The lowest BCUT2D eigenvalue weighted by atomic mass is 10.2. The van der Waals surface area contributed by atoms with E-state index in [-0.39, 0.29) is 12.5 Å². The summed E-state index contributed by atoms with van der Waals surface area (Å²) in [5, 5.41) is 11.3. The van der Waals surface area contributed by atoms with Crippen molar-refractivity contribution in [1.29, 1.82) is 0 Å². The fraction of sp³-hybridized carbons (Fsp3) is 0.250. The number of aryl methyl sites for hydroxylation is 1. The fourth-order valence-electron chi connectivity index (χ4n) is 2.37. The van der Waals surface area contributed by atoms with Gasteiger partial charge in [-0.1, -0.05) is 53.7 Å². The first-order chi connectivity index (χ1) is 13.5. The Hall–Kier alpha value is -2.51. The quantitative estimate of drug-likeness (QED) is 0.547. The van der Waals surface area contributed by atoms with Crippen molar-refractivity contribution in [2.24, 2.45) is 0 Å². The molecule has 28 heavy (non-hydrogen) atoms. The Bertz CT molecular complexity index is 948. The van der Waals surface area contributed by atoms with Gasteiger partial charge in [0.1, 0.15) is 5.75 Å². The lowest BCUT2D eigenvalue weighted by Gasteiger charge is -2.10. The van der Waals surface area contributed by atoms with E-state index in [4.69, 9.17) is 20.8 Å². The third-order valence-corrected chi connectivity index (χ3v) is 5.16. The molecule has 0 fully saturated rings. The number of carbonyl (C=O) groups is 1. The van der Waals surface area contributed by atoms with Crippen LogP contribution >= 0.6 is 23.4 Å². The Labute approximate surface area is 172 Å². The van der Waals surface area contributed by atoms with Crippen LogP contribution in [-0.4, -0.2) is 21.4 Å². The Morgan fingerprint density at radius 2 is 2.07 bits per heavy atom. The summed E-state index contributed by atoms with van der Waals surface area (Å²) in [6.07, 6.45) is 0. The van der Waals surface area contributed by atoms with Gasteiger partial charge in [0.2, 0.25) is 5.91 Å². The average Bonchev–Trinajstić information content (AvgIpc) is 3.13. The summed E-state index contributed by atoms with van der Waals surface area (Å²) in [5.41, 5.74) is 1.97. The summed E-state index contributed by atoms with van der Waals surface area (Å²) >= 11 is 7.30. The number of hydrogen-bond acceptors (Lipinski definition) is 6. The summed E-state index contributed by atoms with van der Waals surface area (Å²) in [5.74, 6) is 0.952. The zero-order valence-electron chi connectivity index (χ0n) is 15.5. The van der Waals surface area contributed by atoms with Crippen molar-refractivity contribution in [3.05, 3.63) is 70.6 Å². The van der Waals surface area contributed by atoms with Crippen LogP contribution in [-0.2, 0) is 17.9 Å². The highest BCUT2D eigenvalue weighted by Gasteiger charge is 2.18. The van der Waals surface area contributed by atoms with E-state index in [1.54, 1.807) is 13.0 Å². The third-order valence-electron chi connectivity index (χ3n) is 3.86. The molecule has 1 aromatic heterocycles. The van der Waals surface area contributed by atoms with Gasteiger partial charge in [-0.25, -0.2) is 0 Å². The van der Waals surface area contributed by atoms with E-state index in [9.17, 15) is 4.79 Å². The minimum absolute atomic E-state index is 0.138. The molecule has 2 aromatic carbocycles. The SMILES string of the molecule is Cc1cccc(OCc2nnc(S[C@H](C)C(=O)NCc3ccccc3Cl)o2)c1. The van der Waals surface area contributed by atoms with Gasteiger partial charge >= 0.3 is 0 Å². The van der Waals surface area contributed by atoms with Gasteiger partial charge < -0.3 is 14.5 Å². The van der Waals surface area contributed by atoms with Gasteiger partial charge in [-0.15, -0.1) is 10.2 Å². The third kappa shape index (κ3) is 5.74. The number of hydrogen-bond donors (Lipinski definition) is 1. The van der Waals surface area contributed by atoms with Crippen molar-refractivity contribution in [1.82, 2.24) is 15.5 Å². The summed E-state index contributed by atoms with van der Waals surface area (Å²) in [6.45, 7) is 4.30. The predicted octanol–water partition coefficient (Wildman–Crippen LogP) is 4.41. The number of carbonyl (C=O) groups excluding carboxylic acids is 1. The highest BCUT2D eigenvalue weighted by Crippen LogP contribution is 2.23. The van der Waals surface area contributed by atoms with E-state index in [2.05, 4.69) is 15.5 Å². The van der Waals surface area contributed by atoms with Crippen molar-refractivity contribution in [2.45, 2.75) is 37.5 Å². The molecule has 0 aliphatic carbocycles. The number of ether oxygens (including phenoxy) is 1. The molecular weight excluding hydrogens is 398 g/mol. The van der Waals surface area contributed by atoms with E-state index in [0.29, 0.717) is 22.7 Å². The second kappa shape index (κ2) is 9.61. The molecule has 1 atom stereocenters. The highest BCUT2D eigenvalue weighted by atomic mass is 35.5. The van der Waals surface area contributed by atoms with Gasteiger partial charge in [-0.05, 0) is 43.2 Å². The zero-order chi connectivity index (χ0) is 19.9. The van der Waals surface area contributed by atoms with Crippen LogP contribution in [0.2, 0.25) is 5.02 Å². The maximum atomic E-state index is 12.3. The van der Waals surface area contributed by atoms with Crippen LogP contribution in [0.15, 0.2) is 58.2 Å². The number of thioether (sulfide) groups is 1. The van der Waals surface area contributed by atoms with Gasteiger partial charge in [-0.2, -0.15) is 0 Å². The van der Waals surface area contributed by atoms with Crippen LogP contribution in [0.3, 0.4) is 0 Å². The Kier molecular flexibility index (Phi) is 6.95. The Morgan fingerprint density at radius 1 is 1.25 bits per heavy atom. The van der Waals surface area contributed by atoms with E-state index in [0.717, 1.165) is 16.9 Å². The summed E-state index contributed by atoms with van der Waals surface area (Å²) in [4.78, 5) is 12.3. The Balaban J connectivity index is 1.48. The minimum atomic E-state index is -0.395. The van der Waals surface area contributed by atoms with Crippen LogP contribution in [0, 0.1) is 6.92 Å². The van der Waals surface area contributed by atoms with E-state index < -0.39 is 5.25 Å². The van der Waals surface area contributed by atoms with Crippen molar-refractivity contribution in [3.8, 4) is 5.75 Å². The molecule has 0 saturated heterocycles. The van der Waals surface area contributed by atoms with Crippen LogP contribution in [0.1, 0.15) is 23.9 Å². The molecule has 0 spiro atoms. The second-order valence-electron chi connectivity index (χ2n) is 6.14. The summed E-state index contributed by atoms with van der Waals surface area (Å²) in [6, 6.07) is 15.1. The number of halogens is 1.